The van der Waals surface area contributed by atoms with Crippen molar-refractivity contribution < 1.29 is 14.7 Å². The topological polar surface area (TPSA) is 84.9 Å². The highest BCUT2D eigenvalue weighted by molar-refractivity contribution is 5.74. The number of nitrogens with one attached hydrogen (secondary N) is 2. The van der Waals surface area contributed by atoms with E-state index in [0.29, 0.717) is 19.0 Å². The summed E-state index contributed by atoms with van der Waals surface area (Å²) in [5.41, 5.74) is 2.16. The number of likely N-dealkylation sites (tertiary alicyclic amines) is 1. The third kappa shape index (κ3) is 5.82. The number of piperidine rings is 1. The number of carbonyl (C=O) groups excluding carboxylic acids is 1. The van der Waals surface area contributed by atoms with Gasteiger partial charge in [-0.2, -0.15) is 0 Å². The van der Waals surface area contributed by atoms with Crippen LogP contribution >= 0.6 is 0 Å². The Balaban J connectivity index is 1.76. The van der Waals surface area contributed by atoms with E-state index in [1.807, 2.05) is 47.9 Å². The molecule has 7 heteroatoms. The van der Waals surface area contributed by atoms with Crippen molar-refractivity contribution in [1.29, 1.82) is 0 Å². The van der Waals surface area contributed by atoms with Crippen LogP contribution in [0.4, 0.5) is 15.3 Å². The molecule has 0 bridgehead atoms. The minimum atomic E-state index is -0.992. The number of carboxylic acid groups (broad SMARTS) is 1. The SMILES string of the molecule is CCN(CC)C(=O)N1CCC(Nc2ccc(CCNC(=O)O)cc2)CC1. The maximum Gasteiger partial charge on any atom is 0.404 e. The van der Waals surface area contributed by atoms with Gasteiger partial charge in [0.1, 0.15) is 0 Å². The summed E-state index contributed by atoms with van der Waals surface area (Å²) >= 11 is 0. The van der Waals surface area contributed by atoms with Crippen LogP contribution in [0, 0.1) is 0 Å². The van der Waals surface area contributed by atoms with E-state index in [-0.39, 0.29) is 6.03 Å². The molecule has 1 aliphatic heterocycles. The van der Waals surface area contributed by atoms with Gasteiger partial charge in [-0.1, -0.05) is 12.1 Å². The lowest BCUT2D eigenvalue weighted by molar-refractivity contribution is 0.145. The smallest absolute Gasteiger partial charge is 0.404 e. The van der Waals surface area contributed by atoms with Crippen LogP contribution in [0.25, 0.3) is 0 Å². The Bertz CT molecular complexity index is 579. The molecule has 26 heavy (non-hydrogen) atoms. The molecule has 0 radical (unpaired) electrons. The minimum absolute atomic E-state index is 0.146. The number of hydrogen-bond acceptors (Lipinski definition) is 3. The van der Waals surface area contributed by atoms with Crippen LogP contribution in [0.15, 0.2) is 24.3 Å². The first-order valence-electron chi connectivity index (χ1n) is 9.39. The summed E-state index contributed by atoms with van der Waals surface area (Å²) < 4.78 is 0. The number of hydrogen-bond donors (Lipinski definition) is 3. The lowest BCUT2D eigenvalue weighted by atomic mass is 10.0. The second kappa shape index (κ2) is 9.89. The summed E-state index contributed by atoms with van der Waals surface area (Å²) in [6.45, 7) is 7.51. The highest BCUT2D eigenvalue weighted by Gasteiger charge is 2.25. The van der Waals surface area contributed by atoms with Crippen molar-refractivity contribution in [2.24, 2.45) is 0 Å². The molecule has 1 fully saturated rings. The number of anilines is 1. The maximum atomic E-state index is 12.4. The lowest BCUT2D eigenvalue weighted by Crippen LogP contribution is -2.48. The zero-order valence-corrected chi connectivity index (χ0v) is 15.7. The number of urea groups is 1. The van der Waals surface area contributed by atoms with Crippen molar-refractivity contribution in [3.05, 3.63) is 29.8 Å². The van der Waals surface area contributed by atoms with Crippen LogP contribution in [0.3, 0.4) is 0 Å². The summed E-state index contributed by atoms with van der Waals surface area (Å²) in [7, 11) is 0. The Labute approximate surface area is 155 Å². The number of nitrogens with zero attached hydrogens (tertiary/aromatic N) is 2. The molecule has 7 nitrogen and oxygen atoms in total. The predicted octanol–water partition coefficient (Wildman–Crippen LogP) is 2.83. The maximum absolute atomic E-state index is 12.4. The number of rotatable bonds is 7. The highest BCUT2D eigenvalue weighted by Crippen LogP contribution is 2.18. The van der Waals surface area contributed by atoms with E-state index in [0.717, 1.165) is 50.3 Å². The molecule has 0 atom stereocenters. The summed E-state index contributed by atoms with van der Waals surface area (Å²) in [4.78, 5) is 26.6. The molecule has 1 aromatic carbocycles. The van der Waals surface area contributed by atoms with Crippen LogP contribution in [0.1, 0.15) is 32.3 Å². The number of amides is 3. The van der Waals surface area contributed by atoms with E-state index in [2.05, 4.69) is 10.6 Å². The van der Waals surface area contributed by atoms with Gasteiger partial charge in [0, 0.05) is 44.5 Å². The fourth-order valence-electron chi connectivity index (χ4n) is 3.23. The first-order chi connectivity index (χ1) is 12.5. The van der Waals surface area contributed by atoms with Crippen LogP contribution < -0.4 is 10.6 Å². The molecule has 1 aromatic rings. The van der Waals surface area contributed by atoms with Crippen LogP contribution in [0.5, 0.6) is 0 Å². The van der Waals surface area contributed by atoms with Gasteiger partial charge >= 0.3 is 12.1 Å². The van der Waals surface area contributed by atoms with Crippen LogP contribution in [0.2, 0.25) is 0 Å². The zero-order chi connectivity index (χ0) is 18.9. The van der Waals surface area contributed by atoms with Gasteiger partial charge in [-0.05, 0) is 50.8 Å². The molecule has 0 saturated carbocycles. The molecule has 0 unspecified atom stereocenters. The average molecular weight is 362 g/mol. The highest BCUT2D eigenvalue weighted by atomic mass is 16.4. The quantitative estimate of drug-likeness (QED) is 0.696. The standard InChI is InChI=1S/C19H30N4O3/c1-3-22(4-2)19(26)23-13-10-17(11-14-23)21-16-7-5-15(6-8-16)9-12-20-18(24)25/h5-8,17,20-21H,3-4,9-14H2,1-2H3,(H,24,25). The van der Waals surface area contributed by atoms with Crippen molar-refractivity contribution in [1.82, 2.24) is 15.1 Å². The van der Waals surface area contributed by atoms with Crippen molar-refractivity contribution in [2.45, 2.75) is 39.2 Å². The van der Waals surface area contributed by atoms with E-state index in [9.17, 15) is 9.59 Å². The summed E-state index contributed by atoms with van der Waals surface area (Å²) in [6.07, 6.45) is 1.57. The summed E-state index contributed by atoms with van der Waals surface area (Å²) in [5, 5.41) is 14.5. The van der Waals surface area contributed by atoms with Gasteiger partial charge in [0.25, 0.3) is 0 Å². The molecule has 0 aliphatic carbocycles. The van der Waals surface area contributed by atoms with Gasteiger partial charge in [0.2, 0.25) is 0 Å². The third-order valence-electron chi connectivity index (χ3n) is 4.81. The van der Waals surface area contributed by atoms with Crippen molar-refractivity contribution in [3.8, 4) is 0 Å². The average Bonchev–Trinajstić information content (AvgIpc) is 2.64. The largest absolute Gasteiger partial charge is 0.465 e. The molecule has 0 spiro atoms. The molecule has 1 aliphatic rings. The Morgan fingerprint density at radius 3 is 2.31 bits per heavy atom. The molecular formula is C19H30N4O3. The third-order valence-corrected chi connectivity index (χ3v) is 4.81. The Hall–Kier alpha value is -2.44. The fraction of sp³-hybridized carbons (Fsp3) is 0.579. The van der Waals surface area contributed by atoms with E-state index < -0.39 is 6.09 Å². The van der Waals surface area contributed by atoms with Gasteiger partial charge in [-0.15, -0.1) is 0 Å². The first-order valence-corrected chi connectivity index (χ1v) is 9.39. The van der Waals surface area contributed by atoms with E-state index in [1.54, 1.807) is 0 Å². The second-order valence-electron chi connectivity index (χ2n) is 6.54. The van der Waals surface area contributed by atoms with Crippen LogP contribution in [-0.4, -0.2) is 65.8 Å². The van der Waals surface area contributed by atoms with E-state index >= 15 is 0 Å². The molecule has 1 saturated heterocycles. The van der Waals surface area contributed by atoms with Gasteiger partial charge in [-0.3, -0.25) is 0 Å². The van der Waals surface area contributed by atoms with Gasteiger partial charge in [-0.25, -0.2) is 9.59 Å². The molecular weight excluding hydrogens is 332 g/mol. The normalized spacial score (nSPS) is 14.8. The van der Waals surface area contributed by atoms with Gasteiger partial charge in [0.15, 0.2) is 0 Å². The van der Waals surface area contributed by atoms with Crippen molar-refractivity contribution >= 4 is 17.8 Å². The summed E-state index contributed by atoms with van der Waals surface area (Å²) in [6, 6.07) is 8.62. The molecule has 2 rings (SSSR count). The minimum Gasteiger partial charge on any atom is -0.465 e. The monoisotopic (exact) mass is 362 g/mol. The fourth-order valence-corrected chi connectivity index (χ4v) is 3.23. The molecule has 0 aromatic heterocycles. The molecule has 144 valence electrons. The predicted molar refractivity (Wildman–Crippen MR) is 103 cm³/mol. The van der Waals surface area contributed by atoms with E-state index in [4.69, 9.17) is 5.11 Å². The molecule has 3 N–H and O–H groups in total. The van der Waals surface area contributed by atoms with Gasteiger partial charge in [0.05, 0.1) is 0 Å². The molecule has 1 heterocycles. The first kappa shape index (κ1) is 19.9. The second-order valence-corrected chi connectivity index (χ2v) is 6.54. The van der Waals surface area contributed by atoms with Gasteiger partial charge < -0.3 is 25.5 Å². The molecule has 3 amide bonds. The summed E-state index contributed by atoms with van der Waals surface area (Å²) in [5.74, 6) is 0. The number of carbonyl (C=O) groups is 2. The Morgan fingerprint density at radius 2 is 1.77 bits per heavy atom. The Kier molecular flexibility index (Phi) is 7.56. The van der Waals surface area contributed by atoms with Crippen molar-refractivity contribution in [3.63, 3.8) is 0 Å². The Morgan fingerprint density at radius 1 is 1.15 bits per heavy atom. The van der Waals surface area contributed by atoms with Crippen LogP contribution in [-0.2, 0) is 6.42 Å². The number of benzene rings is 1. The van der Waals surface area contributed by atoms with E-state index in [1.165, 1.54) is 0 Å². The zero-order valence-electron chi connectivity index (χ0n) is 15.7. The lowest BCUT2D eigenvalue weighted by Gasteiger charge is -2.35. The van der Waals surface area contributed by atoms with Crippen molar-refractivity contribution in [2.75, 3.05) is 38.0 Å².